The van der Waals surface area contributed by atoms with E-state index in [2.05, 4.69) is 6.92 Å². The number of furan rings is 1. The van der Waals surface area contributed by atoms with Crippen molar-refractivity contribution in [2.75, 3.05) is 13.2 Å². The number of rotatable bonds is 5. The highest BCUT2D eigenvalue weighted by Gasteiger charge is 2.11. The fraction of sp³-hybridized carbons (Fsp3) is 0.385. The second kappa shape index (κ2) is 5.19. The quantitative estimate of drug-likeness (QED) is 0.870. The molecule has 1 aromatic heterocycles. The van der Waals surface area contributed by atoms with Crippen LogP contribution in [0.5, 0.6) is 5.75 Å². The molecule has 1 N–H and O–H groups in total. The first-order chi connectivity index (χ1) is 8.26. The number of aryl methyl sites for hydroxylation is 1. The number of ether oxygens (including phenoxy) is 1. The predicted molar refractivity (Wildman–Crippen MR) is 63.1 cm³/mol. The lowest BCUT2D eigenvalue weighted by Gasteiger charge is -2.09. The van der Waals surface area contributed by atoms with Crippen LogP contribution in [0.1, 0.15) is 12.5 Å². The van der Waals surface area contributed by atoms with Gasteiger partial charge in [0.2, 0.25) is 0 Å². The molecule has 0 unspecified atom stereocenters. The molecular formula is C13H15FO3. The molecule has 2 rings (SSSR count). The van der Waals surface area contributed by atoms with Gasteiger partial charge in [0.05, 0.1) is 12.9 Å². The monoisotopic (exact) mass is 238 g/mol. The molecule has 0 saturated heterocycles. The smallest absolute Gasteiger partial charge is 0.175 e. The Labute approximate surface area is 98.8 Å². The van der Waals surface area contributed by atoms with E-state index in [1.165, 1.54) is 5.56 Å². The van der Waals surface area contributed by atoms with Crippen LogP contribution < -0.4 is 4.74 Å². The van der Waals surface area contributed by atoms with E-state index >= 15 is 0 Å². The van der Waals surface area contributed by atoms with E-state index in [0.29, 0.717) is 11.3 Å². The lowest BCUT2D eigenvalue weighted by atomic mass is 10.1. The van der Waals surface area contributed by atoms with Gasteiger partial charge in [-0.1, -0.05) is 13.0 Å². The highest BCUT2D eigenvalue weighted by Crippen LogP contribution is 2.30. The van der Waals surface area contributed by atoms with Crippen LogP contribution in [0, 0.1) is 0 Å². The third-order valence-electron chi connectivity index (χ3n) is 2.67. The first-order valence-electron chi connectivity index (χ1n) is 5.63. The number of benzene rings is 1. The van der Waals surface area contributed by atoms with Gasteiger partial charge in [0.1, 0.15) is 6.61 Å². The molecule has 4 heteroatoms. The van der Waals surface area contributed by atoms with Crippen LogP contribution in [-0.4, -0.2) is 24.5 Å². The molecule has 1 heterocycles. The maximum absolute atomic E-state index is 12.9. The van der Waals surface area contributed by atoms with Gasteiger partial charge in [0.15, 0.2) is 17.5 Å². The van der Waals surface area contributed by atoms with Gasteiger partial charge in [0, 0.05) is 5.39 Å². The molecule has 1 aromatic carbocycles. The van der Waals surface area contributed by atoms with Gasteiger partial charge < -0.3 is 14.3 Å². The Hall–Kier alpha value is -1.55. The first kappa shape index (κ1) is 11.9. The van der Waals surface area contributed by atoms with Crippen LogP contribution in [0.25, 0.3) is 11.0 Å². The molecule has 92 valence electrons. The van der Waals surface area contributed by atoms with Crippen molar-refractivity contribution in [1.29, 1.82) is 0 Å². The van der Waals surface area contributed by atoms with E-state index in [4.69, 9.17) is 14.3 Å². The van der Waals surface area contributed by atoms with Gasteiger partial charge in [0.25, 0.3) is 0 Å². The lowest BCUT2D eigenvalue weighted by Crippen LogP contribution is -2.16. The number of hydrogen-bond acceptors (Lipinski definition) is 3. The summed E-state index contributed by atoms with van der Waals surface area (Å²) in [5, 5.41) is 9.58. The van der Waals surface area contributed by atoms with E-state index in [1.807, 2.05) is 12.1 Å². The Morgan fingerprint density at radius 2 is 2.24 bits per heavy atom. The zero-order chi connectivity index (χ0) is 12.3. The summed E-state index contributed by atoms with van der Waals surface area (Å²) in [5.41, 5.74) is 1.80. The van der Waals surface area contributed by atoms with Gasteiger partial charge in [-0.3, -0.25) is 0 Å². The van der Waals surface area contributed by atoms with Crippen molar-refractivity contribution in [1.82, 2.24) is 0 Å². The fourth-order valence-electron chi connectivity index (χ4n) is 1.75. The van der Waals surface area contributed by atoms with Crippen LogP contribution in [-0.2, 0) is 6.42 Å². The summed E-state index contributed by atoms with van der Waals surface area (Å²) < 4.78 is 23.5. The minimum Gasteiger partial charge on any atom is -0.487 e. The summed E-state index contributed by atoms with van der Waals surface area (Å²) >= 11 is 0. The van der Waals surface area contributed by atoms with Gasteiger partial charge >= 0.3 is 0 Å². The van der Waals surface area contributed by atoms with Crippen molar-refractivity contribution in [3.05, 3.63) is 30.0 Å². The van der Waals surface area contributed by atoms with Crippen molar-refractivity contribution >= 4 is 11.0 Å². The van der Waals surface area contributed by atoms with E-state index < -0.39 is 12.8 Å². The third kappa shape index (κ3) is 2.42. The first-order valence-corrected chi connectivity index (χ1v) is 5.63. The Morgan fingerprint density at radius 3 is 2.94 bits per heavy atom. The number of aliphatic hydroxyl groups is 1. The van der Waals surface area contributed by atoms with Crippen LogP contribution in [0.2, 0.25) is 0 Å². The molecule has 1 atom stereocenters. The number of hydrogen-bond donors (Lipinski definition) is 1. The molecule has 3 nitrogen and oxygen atoms in total. The molecule has 0 radical (unpaired) electrons. The average molecular weight is 238 g/mol. The number of aliphatic hydroxyl groups excluding tert-OH is 1. The maximum atomic E-state index is 12.9. The molecule has 0 aliphatic carbocycles. The van der Waals surface area contributed by atoms with E-state index in [-0.39, 0.29) is 6.61 Å². The summed E-state index contributed by atoms with van der Waals surface area (Å²) in [6.07, 6.45) is 1.12. The Balaban J connectivity index is 2.26. The highest BCUT2D eigenvalue weighted by atomic mass is 19.1. The van der Waals surface area contributed by atoms with E-state index in [1.54, 1.807) is 12.3 Å². The Bertz CT molecular complexity index is 492. The number of fused-ring (bicyclic) bond motifs is 1. The molecule has 0 aliphatic rings. The topological polar surface area (TPSA) is 42.6 Å². The van der Waals surface area contributed by atoms with Gasteiger partial charge in [-0.25, -0.2) is 4.39 Å². The molecule has 0 spiro atoms. The molecule has 17 heavy (non-hydrogen) atoms. The second-order valence-corrected chi connectivity index (χ2v) is 3.83. The Kier molecular flexibility index (Phi) is 3.64. The minimum absolute atomic E-state index is 0.169. The molecule has 0 fully saturated rings. The predicted octanol–water partition coefficient (Wildman–Crippen LogP) is 2.70. The average Bonchev–Trinajstić information content (AvgIpc) is 2.84. The molecule has 0 saturated carbocycles. The summed E-state index contributed by atoms with van der Waals surface area (Å²) in [7, 11) is 0. The normalized spacial score (nSPS) is 12.9. The largest absolute Gasteiger partial charge is 0.487 e. The standard InChI is InChI=1S/C13H15FO3/c1-2-9-3-4-12(17-8-10(14)7-15)13-11(9)5-6-16-13/h3-6,10,15H,2,7-8H2,1H3/t10-/m0/s1. The summed E-state index contributed by atoms with van der Waals surface area (Å²) in [4.78, 5) is 0. The van der Waals surface area contributed by atoms with Crippen molar-refractivity contribution < 1.29 is 18.7 Å². The van der Waals surface area contributed by atoms with E-state index in [0.717, 1.165) is 11.8 Å². The van der Waals surface area contributed by atoms with E-state index in [9.17, 15) is 4.39 Å². The summed E-state index contributed by atoms with van der Waals surface area (Å²) in [6, 6.07) is 5.59. The zero-order valence-electron chi connectivity index (χ0n) is 9.65. The van der Waals surface area contributed by atoms with Crippen LogP contribution >= 0.6 is 0 Å². The molecule has 0 aliphatic heterocycles. The second-order valence-electron chi connectivity index (χ2n) is 3.83. The van der Waals surface area contributed by atoms with Gasteiger partial charge in [-0.05, 0) is 24.1 Å². The third-order valence-corrected chi connectivity index (χ3v) is 2.67. The summed E-state index contributed by atoms with van der Waals surface area (Å²) in [5.74, 6) is 0.512. The SMILES string of the molecule is CCc1ccc(OC[C@@H](F)CO)c2occc12. The molecule has 0 bridgehead atoms. The van der Waals surface area contributed by atoms with Crippen molar-refractivity contribution in [2.24, 2.45) is 0 Å². The van der Waals surface area contributed by atoms with Crippen molar-refractivity contribution in [2.45, 2.75) is 19.5 Å². The minimum atomic E-state index is -1.37. The summed E-state index contributed by atoms with van der Waals surface area (Å²) in [6.45, 7) is 1.36. The zero-order valence-corrected chi connectivity index (χ0v) is 9.65. The fourth-order valence-corrected chi connectivity index (χ4v) is 1.75. The van der Waals surface area contributed by atoms with Gasteiger partial charge in [-0.2, -0.15) is 0 Å². The molecule has 2 aromatic rings. The van der Waals surface area contributed by atoms with Crippen LogP contribution in [0.15, 0.2) is 28.9 Å². The maximum Gasteiger partial charge on any atom is 0.175 e. The number of halogens is 1. The van der Waals surface area contributed by atoms with Gasteiger partial charge in [-0.15, -0.1) is 0 Å². The molecule has 0 amide bonds. The van der Waals surface area contributed by atoms with Crippen molar-refractivity contribution in [3.8, 4) is 5.75 Å². The number of alkyl halides is 1. The van der Waals surface area contributed by atoms with Crippen molar-refractivity contribution in [3.63, 3.8) is 0 Å². The Morgan fingerprint density at radius 1 is 1.41 bits per heavy atom. The highest BCUT2D eigenvalue weighted by molar-refractivity contribution is 5.86. The van der Waals surface area contributed by atoms with Crippen LogP contribution in [0.3, 0.4) is 0 Å². The molecular weight excluding hydrogens is 223 g/mol. The van der Waals surface area contributed by atoms with Crippen LogP contribution in [0.4, 0.5) is 4.39 Å². The lowest BCUT2D eigenvalue weighted by molar-refractivity contribution is 0.123.